The molecule has 1 heterocycles. The van der Waals surface area contributed by atoms with Crippen molar-refractivity contribution in [2.24, 2.45) is 5.10 Å². The van der Waals surface area contributed by atoms with Gasteiger partial charge in [-0.15, -0.1) is 0 Å². The number of hydrazone groups is 1. The molecule has 148 valence electrons. The highest BCUT2D eigenvalue weighted by Crippen LogP contribution is 2.37. The zero-order valence-electron chi connectivity index (χ0n) is 15.6. The molecule has 4 nitrogen and oxygen atoms in total. The number of aryl methyl sites for hydroxylation is 1. The van der Waals surface area contributed by atoms with Gasteiger partial charge in [0.15, 0.2) is 0 Å². The molecule has 0 unspecified atom stereocenters. The maximum atomic E-state index is 13.4. The smallest absolute Gasteiger partial charge is 0.207 e. The van der Waals surface area contributed by atoms with E-state index in [1.165, 1.54) is 12.1 Å². The van der Waals surface area contributed by atoms with E-state index in [0.717, 1.165) is 20.0 Å². The average molecular weight is 473 g/mol. The molecular weight excluding hydrogens is 455 g/mol. The van der Waals surface area contributed by atoms with Crippen LogP contribution in [0.15, 0.2) is 87.3 Å². The van der Waals surface area contributed by atoms with Crippen molar-refractivity contribution in [3.8, 4) is 0 Å². The van der Waals surface area contributed by atoms with Crippen LogP contribution < -0.4 is 0 Å². The van der Waals surface area contributed by atoms with Crippen molar-refractivity contribution < 1.29 is 12.8 Å². The Morgan fingerprint density at radius 2 is 1.72 bits per heavy atom. The van der Waals surface area contributed by atoms with Crippen molar-refractivity contribution >= 4 is 31.7 Å². The van der Waals surface area contributed by atoms with Crippen LogP contribution in [0, 0.1) is 12.7 Å². The van der Waals surface area contributed by atoms with Gasteiger partial charge in [0, 0.05) is 10.9 Å². The molecule has 0 aromatic heterocycles. The van der Waals surface area contributed by atoms with Crippen molar-refractivity contribution in [1.29, 1.82) is 0 Å². The summed E-state index contributed by atoms with van der Waals surface area (Å²) >= 11 is 3.45. The van der Waals surface area contributed by atoms with Crippen LogP contribution in [-0.4, -0.2) is 18.5 Å². The molecule has 4 rings (SSSR count). The fraction of sp³-hybridized carbons (Fsp3) is 0.136. The van der Waals surface area contributed by atoms with E-state index >= 15 is 0 Å². The van der Waals surface area contributed by atoms with Gasteiger partial charge in [-0.25, -0.2) is 4.39 Å². The van der Waals surface area contributed by atoms with Crippen LogP contribution in [0.3, 0.4) is 0 Å². The first-order valence-electron chi connectivity index (χ1n) is 9.04. The summed E-state index contributed by atoms with van der Waals surface area (Å²) in [5.41, 5.74) is 3.17. The lowest BCUT2D eigenvalue weighted by atomic mass is 9.99. The zero-order chi connectivity index (χ0) is 20.6. The van der Waals surface area contributed by atoms with E-state index in [9.17, 15) is 12.8 Å². The third-order valence-corrected chi connectivity index (χ3v) is 7.04. The van der Waals surface area contributed by atoms with E-state index in [0.29, 0.717) is 17.7 Å². The lowest BCUT2D eigenvalue weighted by molar-refractivity contribution is 0.371. The number of sulfonamides is 1. The van der Waals surface area contributed by atoms with Gasteiger partial charge in [0.1, 0.15) is 5.82 Å². The molecule has 1 atom stereocenters. The Labute approximate surface area is 177 Å². The SMILES string of the molecule is Cc1ccc(S(=O)(=O)N2N=C(c3cccc(Br)c3)C[C@H]2c2ccc(F)cc2)cc1. The normalized spacial score (nSPS) is 16.7. The van der Waals surface area contributed by atoms with E-state index < -0.39 is 16.1 Å². The van der Waals surface area contributed by atoms with E-state index in [2.05, 4.69) is 21.0 Å². The van der Waals surface area contributed by atoms with Crippen LogP contribution in [-0.2, 0) is 10.0 Å². The largest absolute Gasteiger partial charge is 0.279 e. The molecule has 7 heteroatoms. The summed E-state index contributed by atoms with van der Waals surface area (Å²) in [6, 6.07) is 19.6. The monoisotopic (exact) mass is 472 g/mol. The quantitative estimate of drug-likeness (QED) is 0.507. The molecule has 3 aromatic rings. The van der Waals surface area contributed by atoms with Crippen molar-refractivity contribution in [1.82, 2.24) is 4.41 Å². The lowest BCUT2D eigenvalue weighted by Crippen LogP contribution is -2.27. The number of hydrogen-bond donors (Lipinski definition) is 0. The molecule has 0 amide bonds. The maximum Gasteiger partial charge on any atom is 0.279 e. The summed E-state index contributed by atoms with van der Waals surface area (Å²) in [5.74, 6) is -0.368. The van der Waals surface area contributed by atoms with Crippen molar-refractivity contribution in [2.45, 2.75) is 24.3 Å². The highest BCUT2D eigenvalue weighted by Gasteiger charge is 2.37. The van der Waals surface area contributed by atoms with Gasteiger partial charge >= 0.3 is 0 Å². The van der Waals surface area contributed by atoms with Gasteiger partial charge in [-0.3, -0.25) is 0 Å². The second-order valence-electron chi connectivity index (χ2n) is 6.92. The Kier molecular flexibility index (Phi) is 5.27. The van der Waals surface area contributed by atoms with Gasteiger partial charge in [0.2, 0.25) is 0 Å². The van der Waals surface area contributed by atoms with Gasteiger partial charge < -0.3 is 0 Å². The van der Waals surface area contributed by atoms with Crippen LogP contribution in [0.2, 0.25) is 0 Å². The first-order chi connectivity index (χ1) is 13.8. The Balaban J connectivity index is 1.80. The minimum absolute atomic E-state index is 0.175. The average Bonchev–Trinajstić information content (AvgIpc) is 3.15. The minimum Gasteiger partial charge on any atom is -0.207 e. The summed E-state index contributed by atoms with van der Waals surface area (Å²) in [5, 5.41) is 4.50. The van der Waals surface area contributed by atoms with Crippen molar-refractivity contribution in [3.63, 3.8) is 0 Å². The Bertz CT molecular complexity index is 1180. The molecule has 0 saturated heterocycles. The summed E-state index contributed by atoms with van der Waals surface area (Å²) < 4.78 is 42.2. The number of benzene rings is 3. The molecule has 0 spiro atoms. The molecule has 3 aromatic carbocycles. The number of hydrogen-bond acceptors (Lipinski definition) is 3. The van der Waals surface area contributed by atoms with E-state index in [-0.39, 0.29) is 10.7 Å². The Morgan fingerprint density at radius 3 is 2.38 bits per heavy atom. The number of halogens is 2. The lowest BCUT2D eigenvalue weighted by Gasteiger charge is -2.23. The predicted molar refractivity (Wildman–Crippen MR) is 115 cm³/mol. The zero-order valence-corrected chi connectivity index (χ0v) is 18.0. The first-order valence-corrected chi connectivity index (χ1v) is 11.3. The second kappa shape index (κ2) is 7.72. The fourth-order valence-corrected chi connectivity index (χ4v) is 5.14. The van der Waals surface area contributed by atoms with Crippen LogP contribution in [0.25, 0.3) is 0 Å². The van der Waals surface area contributed by atoms with Gasteiger partial charge in [-0.1, -0.05) is 57.9 Å². The topological polar surface area (TPSA) is 49.7 Å². The fourth-order valence-electron chi connectivity index (χ4n) is 3.30. The minimum atomic E-state index is -3.87. The first kappa shape index (κ1) is 19.8. The van der Waals surface area contributed by atoms with Crippen molar-refractivity contribution in [3.05, 3.63) is 99.8 Å². The molecular formula is C22H18BrFN2O2S. The van der Waals surface area contributed by atoms with E-state index in [4.69, 9.17) is 0 Å². The maximum absolute atomic E-state index is 13.4. The molecule has 0 N–H and O–H groups in total. The third-order valence-electron chi connectivity index (χ3n) is 4.85. The molecule has 29 heavy (non-hydrogen) atoms. The third kappa shape index (κ3) is 3.97. The second-order valence-corrected chi connectivity index (χ2v) is 9.63. The molecule has 0 saturated carbocycles. The molecule has 1 aliphatic rings. The van der Waals surface area contributed by atoms with Crippen LogP contribution in [0.5, 0.6) is 0 Å². The van der Waals surface area contributed by atoms with Gasteiger partial charge in [-0.2, -0.15) is 17.9 Å². The standard InChI is InChI=1S/C22H18BrFN2O2S/c1-15-5-11-20(12-6-15)29(27,28)26-22(16-7-9-19(24)10-8-16)14-21(25-26)17-3-2-4-18(23)13-17/h2-13,22H,14H2,1H3/t22-/m0/s1. The van der Waals surface area contributed by atoms with Gasteiger partial charge in [0.05, 0.1) is 16.6 Å². The van der Waals surface area contributed by atoms with Crippen molar-refractivity contribution in [2.75, 3.05) is 0 Å². The predicted octanol–water partition coefficient (Wildman–Crippen LogP) is 5.44. The molecule has 0 aliphatic carbocycles. The van der Waals surface area contributed by atoms with Gasteiger partial charge in [0.25, 0.3) is 10.0 Å². The van der Waals surface area contributed by atoms with E-state index in [1.807, 2.05) is 31.2 Å². The Hall–Kier alpha value is -2.51. The summed E-state index contributed by atoms with van der Waals surface area (Å²) in [6.07, 6.45) is 0.396. The Morgan fingerprint density at radius 1 is 1.03 bits per heavy atom. The summed E-state index contributed by atoms with van der Waals surface area (Å²) in [4.78, 5) is 0.175. The molecule has 0 fully saturated rings. The van der Waals surface area contributed by atoms with E-state index in [1.54, 1.807) is 36.4 Å². The molecule has 1 aliphatic heterocycles. The number of rotatable bonds is 4. The number of nitrogens with zero attached hydrogens (tertiary/aromatic N) is 2. The molecule has 0 bridgehead atoms. The van der Waals surface area contributed by atoms with Gasteiger partial charge in [-0.05, 0) is 54.4 Å². The van der Waals surface area contributed by atoms with Crippen LogP contribution >= 0.6 is 15.9 Å². The van der Waals surface area contributed by atoms with Crippen LogP contribution in [0.4, 0.5) is 4.39 Å². The summed E-state index contributed by atoms with van der Waals surface area (Å²) in [7, 11) is -3.87. The van der Waals surface area contributed by atoms with Crippen LogP contribution in [0.1, 0.15) is 29.2 Å². The highest BCUT2D eigenvalue weighted by molar-refractivity contribution is 9.10. The highest BCUT2D eigenvalue weighted by atomic mass is 79.9. The molecule has 0 radical (unpaired) electrons. The summed E-state index contributed by atoms with van der Waals surface area (Å²) in [6.45, 7) is 1.90.